The van der Waals surface area contributed by atoms with E-state index >= 15 is 0 Å². The van der Waals surface area contributed by atoms with E-state index in [0.717, 1.165) is 5.56 Å². The molecule has 5 atom stereocenters. The first-order valence-corrected chi connectivity index (χ1v) is 12.6. The predicted molar refractivity (Wildman–Crippen MR) is 121 cm³/mol. The summed E-state index contributed by atoms with van der Waals surface area (Å²) in [5.74, 6) is 0.409. The van der Waals surface area contributed by atoms with Crippen LogP contribution in [0.3, 0.4) is 0 Å². The van der Waals surface area contributed by atoms with Gasteiger partial charge in [-0.2, -0.15) is 9.97 Å². The summed E-state index contributed by atoms with van der Waals surface area (Å²) in [4.78, 5) is 30.9. The first kappa shape index (κ1) is 24.0. The Kier molecular flexibility index (Phi) is 7.01. The molecule has 0 radical (unpaired) electrons. The van der Waals surface area contributed by atoms with Crippen LogP contribution in [0.15, 0.2) is 36.7 Å². The lowest BCUT2D eigenvalue weighted by Crippen LogP contribution is -2.31. The average Bonchev–Trinajstić information content (AvgIpc) is 3.29. The number of imidazole rings is 1. The van der Waals surface area contributed by atoms with Crippen molar-refractivity contribution < 1.29 is 29.3 Å². The van der Waals surface area contributed by atoms with Crippen molar-refractivity contribution >= 4 is 36.2 Å². The Morgan fingerprint density at radius 3 is 2.64 bits per heavy atom. The van der Waals surface area contributed by atoms with Gasteiger partial charge in [0, 0.05) is 6.16 Å². The van der Waals surface area contributed by atoms with Gasteiger partial charge in [-0.25, -0.2) is 4.98 Å². The fraction of sp³-hybridized carbons (Fsp3) is 0.450. The van der Waals surface area contributed by atoms with Crippen LogP contribution in [0.5, 0.6) is 0 Å². The Morgan fingerprint density at radius 1 is 1.21 bits per heavy atom. The molecule has 0 aliphatic carbocycles. The maximum Gasteiger partial charge on any atom is 0.325 e. The van der Waals surface area contributed by atoms with Crippen molar-refractivity contribution in [2.75, 3.05) is 11.5 Å². The molecule has 11 nitrogen and oxygen atoms in total. The second kappa shape index (κ2) is 9.63. The molecule has 1 fully saturated rings. The number of rotatable bonds is 8. The van der Waals surface area contributed by atoms with Crippen LogP contribution in [0.25, 0.3) is 11.2 Å². The molecule has 1 saturated heterocycles. The van der Waals surface area contributed by atoms with E-state index in [1.54, 1.807) is 0 Å². The lowest BCUT2D eigenvalue weighted by Gasteiger charge is -2.18. The lowest BCUT2D eigenvalue weighted by atomic mass is 10.1. The van der Waals surface area contributed by atoms with Crippen molar-refractivity contribution in [1.29, 1.82) is 0 Å². The zero-order valence-electron chi connectivity index (χ0n) is 17.7. The number of aliphatic hydroxyl groups is 2. The number of nitrogens with one attached hydrogen (secondary N) is 1. The molecule has 0 amide bonds. The van der Waals surface area contributed by atoms with Gasteiger partial charge in [0.05, 0.1) is 18.5 Å². The standard InChI is InChI=1S/C20H25ClN5O6P/c1-11(12-6-3-2-4-7-12)23-17-14-18(25-20(21)24-17)26(10-22-14)19-16(28)15(27)13(32-19)8-5-9-33(29,30)31/h2-4,6-7,10-11,13,15-16,19,27-28H,5,8-9H2,1H3,(H,23,24,25)(H2,29,30,31)/t11-,13?,15?,16?,19?/m0/s1. The minimum Gasteiger partial charge on any atom is -0.388 e. The molecule has 33 heavy (non-hydrogen) atoms. The predicted octanol–water partition coefficient (Wildman–Crippen LogP) is 2.23. The van der Waals surface area contributed by atoms with Crippen molar-refractivity contribution in [3.8, 4) is 0 Å². The van der Waals surface area contributed by atoms with Crippen LogP contribution in [0.4, 0.5) is 5.82 Å². The molecule has 1 aromatic carbocycles. The number of hydrogen-bond donors (Lipinski definition) is 5. The van der Waals surface area contributed by atoms with Gasteiger partial charge in [0.2, 0.25) is 5.28 Å². The zero-order chi connectivity index (χ0) is 23.8. The molecule has 4 rings (SSSR count). The summed E-state index contributed by atoms with van der Waals surface area (Å²) in [6, 6.07) is 9.66. The molecule has 4 unspecified atom stereocenters. The quantitative estimate of drug-likeness (QED) is 0.230. The van der Waals surface area contributed by atoms with Gasteiger partial charge >= 0.3 is 7.60 Å². The van der Waals surface area contributed by atoms with Gasteiger partial charge in [-0.15, -0.1) is 0 Å². The van der Waals surface area contributed by atoms with E-state index in [1.807, 2.05) is 37.3 Å². The minimum atomic E-state index is -4.15. The highest BCUT2D eigenvalue weighted by Gasteiger charge is 2.44. The summed E-state index contributed by atoms with van der Waals surface area (Å²) in [7, 11) is -4.15. The van der Waals surface area contributed by atoms with Gasteiger partial charge in [-0.05, 0) is 36.9 Å². The van der Waals surface area contributed by atoms with E-state index in [1.165, 1.54) is 10.9 Å². The molecule has 5 N–H and O–H groups in total. The molecule has 3 heterocycles. The van der Waals surface area contributed by atoms with Crippen LogP contribution < -0.4 is 5.32 Å². The number of benzene rings is 1. The van der Waals surface area contributed by atoms with E-state index in [9.17, 15) is 14.8 Å². The van der Waals surface area contributed by atoms with Crippen molar-refractivity contribution in [2.45, 2.75) is 50.3 Å². The van der Waals surface area contributed by atoms with Gasteiger partial charge in [-0.3, -0.25) is 9.13 Å². The summed E-state index contributed by atoms with van der Waals surface area (Å²) in [6.45, 7) is 1.97. The number of hydrogen-bond acceptors (Lipinski definition) is 8. The van der Waals surface area contributed by atoms with Gasteiger partial charge in [0.1, 0.15) is 12.2 Å². The molecular weight excluding hydrogens is 473 g/mol. The maximum absolute atomic E-state index is 11.1. The monoisotopic (exact) mass is 497 g/mol. The summed E-state index contributed by atoms with van der Waals surface area (Å²) in [6.07, 6.45) is -2.94. The van der Waals surface area contributed by atoms with Crippen molar-refractivity contribution in [2.24, 2.45) is 0 Å². The van der Waals surface area contributed by atoms with Crippen LogP contribution in [-0.4, -0.2) is 64.0 Å². The van der Waals surface area contributed by atoms with E-state index < -0.39 is 32.1 Å². The molecule has 3 aromatic rings. The summed E-state index contributed by atoms with van der Waals surface area (Å²) >= 11 is 6.16. The van der Waals surface area contributed by atoms with E-state index in [4.69, 9.17) is 26.1 Å². The first-order valence-electron chi connectivity index (χ1n) is 10.4. The fourth-order valence-corrected chi connectivity index (χ4v) is 4.66. The fourth-order valence-electron chi connectivity index (χ4n) is 3.90. The number of aromatic nitrogens is 4. The highest BCUT2D eigenvalue weighted by molar-refractivity contribution is 7.51. The van der Waals surface area contributed by atoms with Crippen molar-refractivity contribution in [1.82, 2.24) is 19.5 Å². The van der Waals surface area contributed by atoms with Gasteiger partial charge in [0.15, 0.2) is 23.2 Å². The summed E-state index contributed by atoms with van der Waals surface area (Å²) < 4.78 is 18.4. The Balaban J connectivity index is 1.57. The molecule has 0 bridgehead atoms. The number of fused-ring (bicyclic) bond motifs is 1. The van der Waals surface area contributed by atoms with Crippen LogP contribution in [0.2, 0.25) is 5.28 Å². The molecule has 178 valence electrons. The van der Waals surface area contributed by atoms with E-state index in [-0.39, 0.29) is 30.3 Å². The number of ether oxygens (including phenoxy) is 1. The molecule has 1 aliphatic rings. The highest BCUT2D eigenvalue weighted by Crippen LogP contribution is 2.38. The molecule has 1 aliphatic heterocycles. The maximum atomic E-state index is 11.1. The van der Waals surface area contributed by atoms with Gasteiger partial charge < -0.3 is 30.1 Å². The number of halogens is 1. The summed E-state index contributed by atoms with van der Waals surface area (Å²) in [5.41, 5.74) is 1.76. The minimum absolute atomic E-state index is 0.0294. The zero-order valence-corrected chi connectivity index (χ0v) is 19.3. The number of anilines is 1. The van der Waals surface area contributed by atoms with Crippen LogP contribution in [-0.2, 0) is 9.30 Å². The lowest BCUT2D eigenvalue weighted by molar-refractivity contribution is -0.0370. The first-order chi connectivity index (χ1) is 15.6. The summed E-state index contributed by atoms with van der Waals surface area (Å²) in [5, 5.41) is 24.2. The second-order valence-electron chi connectivity index (χ2n) is 8.02. The Bertz CT molecular complexity index is 1160. The Labute approximate surface area is 194 Å². The van der Waals surface area contributed by atoms with Gasteiger partial charge in [0.25, 0.3) is 0 Å². The van der Waals surface area contributed by atoms with Crippen LogP contribution >= 0.6 is 19.2 Å². The second-order valence-corrected chi connectivity index (χ2v) is 10.1. The normalized spacial score (nSPS) is 24.3. The highest BCUT2D eigenvalue weighted by atomic mass is 35.5. The van der Waals surface area contributed by atoms with Crippen LogP contribution in [0, 0.1) is 0 Å². The molecule has 0 saturated carbocycles. The number of nitrogens with zero attached hydrogens (tertiary/aromatic N) is 4. The topological polar surface area (TPSA) is 163 Å². The molecule has 13 heteroatoms. The van der Waals surface area contributed by atoms with Gasteiger partial charge in [-0.1, -0.05) is 30.3 Å². The third kappa shape index (κ3) is 5.36. The number of aliphatic hydroxyl groups excluding tert-OH is 2. The smallest absolute Gasteiger partial charge is 0.325 e. The molecule has 2 aromatic heterocycles. The average molecular weight is 498 g/mol. The van der Waals surface area contributed by atoms with E-state index in [2.05, 4.69) is 20.3 Å². The Morgan fingerprint density at radius 2 is 1.94 bits per heavy atom. The third-order valence-electron chi connectivity index (χ3n) is 5.60. The third-order valence-corrected chi connectivity index (χ3v) is 6.66. The molecule has 0 spiro atoms. The van der Waals surface area contributed by atoms with Crippen molar-refractivity contribution in [3.63, 3.8) is 0 Å². The molecular formula is C20H25ClN5O6P. The Hall–Kier alpha value is -2.11. The SMILES string of the molecule is C[C@H](Nc1nc(Cl)nc2c1ncn2C1OC(CCCP(=O)(O)O)C(O)C1O)c1ccccc1. The van der Waals surface area contributed by atoms with Crippen molar-refractivity contribution in [3.05, 3.63) is 47.5 Å². The van der Waals surface area contributed by atoms with Crippen LogP contribution in [0.1, 0.15) is 37.6 Å². The largest absolute Gasteiger partial charge is 0.388 e. The van der Waals surface area contributed by atoms with E-state index in [0.29, 0.717) is 17.0 Å².